The molecule has 7 heteroatoms. The second-order valence-electron chi connectivity index (χ2n) is 4.63. The molecule has 18 heavy (non-hydrogen) atoms. The van der Waals surface area contributed by atoms with Gasteiger partial charge in [0.15, 0.2) is 14.8 Å². The van der Waals surface area contributed by atoms with Crippen molar-refractivity contribution in [1.82, 2.24) is 9.88 Å². The highest BCUT2D eigenvalue weighted by Crippen LogP contribution is 2.22. The van der Waals surface area contributed by atoms with Gasteiger partial charge in [-0.25, -0.2) is 13.4 Å². The summed E-state index contributed by atoms with van der Waals surface area (Å²) < 4.78 is 22.8. The van der Waals surface area contributed by atoms with E-state index in [1.807, 2.05) is 13.8 Å². The van der Waals surface area contributed by atoms with E-state index in [2.05, 4.69) is 4.98 Å². The van der Waals surface area contributed by atoms with E-state index in [0.717, 1.165) is 10.6 Å². The van der Waals surface area contributed by atoms with Crippen molar-refractivity contribution in [1.29, 1.82) is 0 Å². The minimum Gasteiger partial charge on any atom is -0.336 e. The van der Waals surface area contributed by atoms with Crippen molar-refractivity contribution < 1.29 is 13.2 Å². The molecule has 1 saturated heterocycles. The first-order valence-electron chi connectivity index (χ1n) is 5.72. The number of carbonyl (C=O) groups is 1. The van der Waals surface area contributed by atoms with Crippen LogP contribution < -0.4 is 0 Å². The molecule has 0 N–H and O–H groups in total. The third kappa shape index (κ3) is 2.56. The minimum atomic E-state index is -2.97. The van der Waals surface area contributed by atoms with Crippen LogP contribution in [-0.2, 0) is 9.84 Å². The maximum absolute atomic E-state index is 12.2. The summed E-state index contributed by atoms with van der Waals surface area (Å²) in [6, 6.07) is -0.216. The molecule has 2 heterocycles. The van der Waals surface area contributed by atoms with Gasteiger partial charge in [-0.05, 0) is 20.3 Å². The molecule has 1 unspecified atom stereocenters. The standard InChI is InChI=1S/C11H16N2O3S2/c1-7-8(2)17-10(12-7)11(14)13(3)9-4-5-18(15,16)6-9/h9H,4-6H2,1-3H3. The molecule has 0 aromatic carbocycles. The molecule has 0 saturated carbocycles. The molecule has 1 aromatic rings. The Bertz CT molecular complexity index is 558. The summed E-state index contributed by atoms with van der Waals surface area (Å²) >= 11 is 1.36. The van der Waals surface area contributed by atoms with Crippen LogP contribution in [0.4, 0.5) is 0 Å². The predicted octanol–water partition coefficient (Wildman–Crippen LogP) is 1.02. The van der Waals surface area contributed by atoms with Crippen LogP contribution in [0.5, 0.6) is 0 Å². The Morgan fingerprint density at radius 1 is 1.44 bits per heavy atom. The fraction of sp³-hybridized carbons (Fsp3) is 0.636. The highest BCUT2D eigenvalue weighted by atomic mass is 32.2. The van der Waals surface area contributed by atoms with E-state index in [9.17, 15) is 13.2 Å². The number of hydrogen-bond acceptors (Lipinski definition) is 5. The van der Waals surface area contributed by atoms with Crippen molar-refractivity contribution in [2.75, 3.05) is 18.6 Å². The Hall–Kier alpha value is -0.950. The average Bonchev–Trinajstić information content (AvgIpc) is 2.81. The van der Waals surface area contributed by atoms with Gasteiger partial charge < -0.3 is 4.90 Å². The van der Waals surface area contributed by atoms with Crippen LogP contribution in [0.25, 0.3) is 0 Å². The summed E-state index contributed by atoms with van der Waals surface area (Å²) in [6.07, 6.45) is 0.522. The number of nitrogens with zero attached hydrogens (tertiary/aromatic N) is 2. The third-order valence-corrected chi connectivity index (χ3v) is 6.10. The molecule has 1 atom stereocenters. The van der Waals surface area contributed by atoms with Crippen LogP contribution >= 0.6 is 11.3 Å². The van der Waals surface area contributed by atoms with Gasteiger partial charge in [0.25, 0.3) is 5.91 Å². The van der Waals surface area contributed by atoms with Crippen molar-refractivity contribution in [3.05, 3.63) is 15.6 Å². The quantitative estimate of drug-likeness (QED) is 0.815. The van der Waals surface area contributed by atoms with Gasteiger partial charge in [0.1, 0.15) is 0 Å². The molecular weight excluding hydrogens is 272 g/mol. The maximum Gasteiger partial charge on any atom is 0.282 e. The second-order valence-corrected chi connectivity index (χ2v) is 8.07. The van der Waals surface area contributed by atoms with Crippen molar-refractivity contribution in [2.24, 2.45) is 0 Å². The smallest absolute Gasteiger partial charge is 0.282 e. The number of aryl methyl sites for hydroxylation is 2. The summed E-state index contributed by atoms with van der Waals surface area (Å²) in [6.45, 7) is 3.78. The summed E-state index contributed by atoms with van der Waals surface area (Å²) in [5.74, 6) is 0.0577. The number of hydrogen-bond donors (Lipinski definition) is 0. The van der Waals surface area contributed by atoms with Crippen molar-refractivity contribution >= 4 is 27.1 Å². The number of thiazole rings is 1. The van der Waals surface area contributed by atoms with E-state index in [0.29, 0.717) is 11.4 Å². The maximum atomic E-state index is 12.2. The van der Waals surface area contributed by atoms with Gasteiger partial charge in [-0.15, -0.1) is 11.3 Å². The molecule has 0 aliphatic carbocycles. The van der Waals surface area contributed by atoms with Gasteiger partial charge >= 0.3 is 0 Å². The number of amides is 1. The lowest BCUT2D eigenvalue weighted by Gasteiger charge is -2.22. The Morgan fingerprint density at radius 3 is 2.56 bits per heavy atom. The number of sulfone groups is 1. The van der Waals surface area contributed by atoms with E-state index in [4.69, 9.17) is 0 Å². The molecule has 2 rings (SSSR count). The number of carbonyl (C=O) groups excluding carboxylic acids is 1. The molecule has 1 fully saturated rings. The molecular formula is C11H16N2O3S2. The normalized spacial score (nSPS) is 22.1. The Morgan fingerprint density at radius 2 is 2.11 bits per heavy atom. The van der Waals surface area contributed by atoms with E-state index in [1.165, 1.54) is 16.2 Å². The highest BCUT2D eigenvalue weighted by molar-refractivity contribution is 7.91. The van der Waals surface area contributed by atoms with Crippen LogP contribution in [-0.4, -0.2) is 48.8 Å². The van der Waals surface area contributed by atoms with E-state index < -0.39 is 9.84 Å². The van der Waals surface area contributed by atoms with Gasteiger partial charge in [-0.2, -0.15) is 0 Å². The zero-order chi connectivity index (χ0) is 13.5. The Kier molecular flexibility index (Phi) is 3.46. The second kappa shape index (κ2) is 4.62. The van der Waals surface area contributed by atoms with Crippen molar-refractivity contribution in [3.63, 3.8) is 0 Å². The fourth-order valence-electron chi connectivity index (χ4n) is 1.96. The zero-order valence-electron chi connectivity index (χ0n) is 10.6. The van der Waals surface area contributed by atoms with Gasteiger partial charge in [-0.3, -0.25) is 4.79 Å². The van der Waals surface area contributed by atoms with Crippen molar-refractivity contribution in [3.8, 4) is 0 Å². The minimum absolute atomic E-state index is 0.0680. The van der Waals surface area contributed by atoms with Crippen LogP contribution in [0.2, 0.25) is 0 Å². The van der Waals surface area contributed by atoms with Crippen LogP contribution in [0.1, 0.15) is 26.8 Å². The first-order valence-corrected chi connectivity index (χ1v) is 8.35. The summed E-state index contributed by atoms with van der Waals surface area (Å²) in [4.78, 5) is 18.9. The third-order valence-electron chi connectivity index (χ3n) is 3.29. The first kappa shape index (κ1) is 13.5. The monoisotopic (exact) mass is 288 g/mol. The molecule has 0 bridgehead atoms. The fourth-order valence-corrected chi connectivity index (χ4v) is 4.63. The average molecular weight is 288 g/mol. The molecule has 100 valence electrons. The van der Waals surface area contributed by atoms with Gasteiger partial charge in [0.2, 0.25) is 0 Å². The van der Waals surface area contributed by atoms with E-state index in [1.54, 1.807) is 7.05 Å². The van der Waals surface area contributed by atoms with Gasteiger partial charge in [0, 0.05) is 18.0 Å². The molecule has 5 nitrogen and oxygen atoms in total. The largest absolute Gasteiger partial charge is 0.336 e. The van der Waals surface area contributed by atoms with Crippen LogP contribution in [0, 0.1) is 13.8 Å². The molecule has 0 radical (unpaired) electrons. The first-order chi connectivity index (χ1) is 8.30. The van der Waals surface area contributed by atoms with Crippen molar-refractivity contribution in [2.45, 2.75) is 26.3 Å². The van der Waals surface area contributed by atoms with Gasteiger partial charge in [-0.1, -0.05) is 0 Å². The number of rotatable bonds is 2. The Balaban J connectivity index is 2.15. The molecule has 1 aromatic heterocycles. The summed E-state index contributed by atoms with van der Waals surface area (Å²) in [5, 5.41) is 0.441. The number of aromatic nitrogens is 1. The SMILES string of the molecule is Cc1nc(C(=O)N(C)C2CCS(=O)(=O)C2)sc1C. The van der Waals surface area contributed by atoms with Crippen LogP contribution in [0.15, 0.2) is 0 Å². The lowest BCUT2D eigenvalue weighted by atomic mass is 10.2. The lowest BCUT2D eigenvalue weighted by Crippen LogP contribution is -2.37. The molecule has 1 aliphatic rings. The highest BCUT2D eigenvalue weighted by Gasteiger charge is 2.33. The molecule has 0 spiro atoms. The van der Waals surface area contributed by atoms with E-state index >= 15 is 0 Å². The zero-order valence-corrected chi connectivity index (χ0v) is 12.3. The molecule has 1 amide bonds. The topological polar surface area (TPSA) is 67.3 Å². The van der Waals surface area contributed by atoms with E-state index in [-0.39, 0.29) is 23.5 Å². The summed E-state index contributed by atoms with van der Waals surface area (Å²) in [7, 11) is -1.32. The van der Waals surface area contributed by atoms with Crippen LogP contribution in [0.3, 0.4) is 0 Å². The summed E-state index contributed by atoms with van der Waals surface area (Å²) in [5.41, 5.74) is 0.857. The predicted molar refractivity (Wildman–Crippen MR) is 70.7 cm³/mol. The van der Waals surface area contributed by atoms with Gasteiger partial charge in [0.05, 0.1) is 17.2 Å². The molecule has 1 aliphatic heterocycles. The lowest BCUT2D eigenvalue weighted by molar-refractivity contribution is 0.0747. The Labute approximate surface area is 111 Å².